The highest BCUT2D eigenvalue weighted by Gasteiger charge is 2.38. The number of hydrogen-bond acceptors (Lipinski definition) is 2. The summed E-state index contributed by atoms with van der Waals surface area (Å²) >= 11 is 0. The van der Waals surface area contributed by atoms with Gasteiger partial charge in [0.2, 0.25) is 0 Å². The number of aliphatic carboxylic acids is 1. The van der Waals surface area contributed by atoms with E-state index in [9.17, 15) is 14.7 Å². The quantitative estimate of drug-likeness (QED) is 0.536. The summed E-state index contributed by atoms with van der Waals surface area (Å²) in [5.41, 5.74) is 0.348. The minimum Gasteiger partial charge on any atom is -0.481 e. The number of carboxylic acid groups (broad SMARTS) is 1. The predicted octanol–water partition coefficient (Wildman–Crippen LogP) is 2.68. The largest absolute Gasteiger partial charge is 0.481 e. The fraction of sp³-hybridized carbons (Fsp3) is 0.733. The molecule has 3 N–H and O–H groups in total. The van der Waals surface area contributed by atoms with Crippen molar-refractivity contribution in [2.45, 2.75) is 52.4 Å². The number of carboxylic acids is 1. The first-order chi connectivity index (χ1) is 9.46. The molecule has 0 heterocycles. The van der Waals surface area contributed by atoms with Crippen LogP contribution in [-0.4, -0.2) is 30.2 Å². The number of carbonyl (C=O) groups excluding carboxylic acids is 1. The van der Waals surface area contributed by atoms with Gasteiger partial charge in [0.25, 0.3) is 0 Å². The molecular weight excluding hydrogens is 256 g/mol. The van der Waals surface area contributed by atoms with E-state index in [4.69, 9.17) is 0 Å². The molecule has 0 bridgehead atoms. The molecule has 114 valence electrons. The standard InChI is InChI=1S/C15H26N2O3/c1-12(2)7-10-16-14(20)17-11-15(13(18)19)8-5-3-4-6-9-15/h7H,3-6,8-11H2,1-2H3,(H,18,19)(H2,16,17,20). The van der Waals surface area contributed by atoms with Crippen molar-refractivity contribution >= 4 is 12.0 Å². The highest BCUT2D eigenvalue weighted by atomic mass is 16.4. The first-order valence-corrected chi connectivity index (χ1v) is 7.35. The minimum absolute atomic E-state index is 0.211. The average Bonchev–Trinajstić information content (AvgIpc) is 2.62. The molecule has 5 heteroatoms. The van der Waals surface area contributed by atoms with Crippen molar-refractivity contribution in [3.63, 3.8) is 0 Å². The number of urea groups is 1. The summed E-state index contributed by atoms with van der Waals surface area (Å²) in [5.74, 6) is -0.788. The number of hydrogen-bond donors (Lipinski definition) is 3. The lowest BCUT2D eigenvalue weighted by atomic mass is 9.80. The first kappa shape index (κ1) is 16.5. The third-order valence-corrected chi connectivity index (χ3v) is 3.87. The molecule has 0 saturated heterocycles. The van der Waals surface area contributed by atoms with Crippen LogP contribution in [0.1, 0.15) is 52.4 Å². The van der Waals surface area contributed by atoms with Crippen LogP contribution >= 0.6 is 0 Å². The van der Waals surface area contributed by atoms with E-state index >= 15 is 0 Å². The molecule has 1 aliphatic rings. The number of carbonyl (C=O) groups is 2. The van der Waals surface area contributed by atoms with E-state index in [2.05, 4.69) is 10.6 Å². The van der Waals surface area contributed by atoms with Crippen molar-refractivity contribution in [3.05, 3.63) is 11.6 Å². The second kappa shape index (κ2) is 7.92. The Hall–Kier alpha value is -1.52. The van der Waals surface area contributed by atoms with Crippen LogP contribution in [0.25, 0.3) is 0 Å². The van der Waals surface area contributed by atoms with E-state index in [-0.39, 0.29) is 12.6 Å². The van der Waals surface area contributed by atoms with Crippen molar-refractivity contribution in [2.75, 3.05) is 13.1 Å². The first-order valence-electron chi connectivity index (χ1n) is 7.35. The molecule has 1 aliphatic carbocycles. The molecule has 0 aromatic rings. The zero-order valence-corrected chi connectivity index (χ0v) is 12.5. The van der Waals surface area contributed by atoms with E-state index in [0.29, 0.717) is 19.4 Å². The highest BCUT2D eigenvalue weighted by Crippen LogP contribution is 2.34. The molecular formula is C15H26N2O3. The number of allylic oxidation sites excluding steroid dienone is 1. The van der Waals surface area contributed by atoms with E-state index < -0.39 is 11.4 Å². The van der Waals surface area contributed by atoms with Crippen LogP contribution in [0.15, 0.2) is 11.6 Å². The van der Waals surface area contributed by atoms with E-state index in [1.807, 2.05) is 19.9 Å². The predicted molar refractivity (Wildman–Crippen MR) is 78.6 cm³/mol. The van der Waals surface area contributed by atoms with Gasteiger partial charge in [-0.05, 0) is 26.7 Å². The molecule has 0 radical (unpaired) electrons. The summed E-state index contributed by atoms with van der Waals surface area (Å²) in [6.07, 6.45) is 7.23. The summed E-state index contributed by atoms with van der Waals surface area (Å²) in [7, 11) is 0. The Labute approximate surface area is 120 Å². The third-order valence-electron chi connectivity index (χ3n) is 3.87. The third kappa shape index (κ3) is 5.23. The highest BCUT2D eigenvalue weighted by molar-refractivity contribution is 5.78. The monoisotopic (exact) mass is 282 g/mol. The number of rotatable bonds is 5. The Balaban J connectivity index is 2.48. The van der Waals surface area contributed by atoms with E-state index in [1.165, 1.54) is 0 Å². The van der Waals surface area contributed by atoms with Crippen LogP contribution in [0, 0.1) is 5.41 Å². The molecule has 2 amide bonds. The van der Waals surface area contributed by atoms with Gasteiger partial charge >= 0.3 is 12.0 Å². The molecule has 0 aromatic heterocycles. The molecule has 0 atom stereocenters. The molecule has 1 fully saturated rings. The van der Waals surface area contributed by atoms with Crippen molar-refractivity contribution in [1.29, 1.82) is 0 Å². The van der Waals surface area contributed by atoms with Gasteiger partial charge in [-0.1, -0.05) is 37.3 Å². The van der Waals surface area contributed by atoms with Crippen molar-refractivity contribution in [3.8, 4) is 0 Å². The Morgan fingerprint density at radius 1 is 1.10 bits per heavy atom. The Morgan fingerprint density at radius 3 is 2.20 bits per heavy atom. The lowest BCUT2D eigenvalue weighted by Gasteiger charge is -2.28. The van der Waals surface area contributed by atoms with Crippen molar-refractivity contribution in [1.82, 2.24) is 10.6 Å². The van der Waals surface area contributed by atoms with E-state index in [0.717, 1.165) is 31.3 Å². The van der Waals surface area contributed by atoms with Crippen molar-refractivity contribution < 1.29 is 14.7 Å². The average molecular weight is 282 g/mol. The zero-order valence-electron chi connectivity index (χ0n) is 12.5. The van der Waals surface area contributed by atoms with Crippen LogP contribution < -0.4 is 10.6 Å². The Morgan fingerprint density at radius 2 is 1.70 bits per heavy atom. The fourth-order valence-electron chi connectivity index (χ4n) is 2.53. The molecule has 1 rings (SSSR count). The van der Waals surface area contributed by atoms with Gasteiger partial charge in [0.15, 0.2) is 0 Å². The van der Waals surface area contributed by atoms with Crippen LogP contribution in [0.2, 0.25) is 0 Å². The topological polar surface area (TPSA) is 78.4 Å². The summed E-state index contributed by atoms with van der Waals surface area (Å²) in [5, 5.41) is 14.9. The molecule has 0 aromatic carbocycles. The lowest BCUT2D eigenvalue weighted by Crippen LogP contribution is -2.46. The molecule has 0 aliphatic heterocycles. The summed E-state index contributed by atoms with van der Waals surface area (Å²) in [6, 6.07) is -0.299. The SMILES string of the molecule is CC(C)=CCNC(=O)NCC1(C(=O)O)CCCCCC1. The second-order valence-electron chi connectivity index (χ2n) is 5.84. The number of amides is 2. The van der Waals surface area contributed by atoms with Crippen LogP contribution in [0.3, 0.4) is 0 Å². The molecule has 0 spiro atoms. The van der Waals surface area contributed by atoms with Gasteiger partial charge in [-0.25, -0.2) is 4.79 Å². The van der Waals surface area contributed by atoms with E-state index in [1.54, 1.807) is 0 Å². The lowest BCUT2D eigenvalue weighted by molar-refractivity contribution is -0.149. The maximum atomic E-state index is 11.7. The molecule has 1 saturated carbocycles. The van der Waals surface area contributed by atoms with Crippen LogP contribution in [0.5, 0.6) is 0 Å². The normalized spacial score (nSPS) is 17.7. The maximum Gasteiger partial charge on any atom is 0.315 e. The van der Waals surface area contributed by atoms with Crippen LogP contribution in [0.4, 0.5) is 4.79 Å². The maximum absolute atomic E-state index is 11.7. The fourth-order valence-corrected chi connectivity index (χ4v) is 2.53. The molecule has 20 heavy (non-hydrogen) atoms. The van der Waals surface area contributed by atoms with Gasteiger partial charge in [0.1, 0.15) is 0 Å². The molecule has 0 unspecified atom stereocenters. The van der Waals surface area contributed by atoms with Gasteiger partial charge in [-0.2, -0.15) is 0 Å². The minimum atomic E-state index is -0.788. The number of nitrogens with one attached hydrogen (secondary N) is 2. The van der Waals surface area contributed by atoms with Crippen molar-refractivity contribution in [2.24, 2.45) is 5.41 Å². The Kier molecular flexibility index (Phi) is 6.55. The van der Waals surface area contributed by atoms with Gasteiger partial charge in [0, 0.05) is 13.1 Å². The molecule has 5 nitrogen and oxygen atoms in total. The summed E-state index contributed by atoms with van der Waals surface area (Å²) in [4.78, 5) is 23.2. The zero-order chi connectivity index (χ0) is 15.0. The van der Waals surface area contributed by atoms with Gasteiger partial charge in [0.05, 0.1) is 5.41 Å². The van der Waals surface area contributed by atoms with Crippen LogP contribution in [-0.2, 0) is 4.79 Å². The summed E-state index contributed by atoms with van der Waals surface area (Å²) in [6.45, 7) is 4.60. The second-order valence-corrected chi connectivity index (χ2v) is 5.84. The smallest absolute Gasteiger partial charge is 0.315 e. The Bertz CT molecular complexity index is 365. The van der Waals surface area contributed by atoms with Gasteiger partial charge in [-0.3, -0.25) is 4.79 Å². The van der Waals surface area contributed by atoms with Gasteiger partial charge < -0.3 is 15.7 Å². The summed E-state index contributed by atoms with van der Waals surface area (Å²) < 4.78 is 0. The van der Waals surface area contributed by atoms with Gasteiger partial charge in [-0.15, -0.1) is 0 Å².